The van der Waals surface area contributed by atoms with Gasteiger partial charge in [0.15, 0.2) is 5.78 Å². The number of Topliss-reactive ketones (excluding diaryl/α,β-unsaturated/α-hetero) is 1. The van der Waals surface area contributed by atoms with Crippen molar-refractivity contribution in [1.29, 1.82) is 0 Å². The minimum Gasteiger partial charge on any atom is -0.479 e. The zero-order valence-corrected chi connectivity index (χ0v) is 16.5. The number of carbonyl (C=O) groups excluding carboxylic acids is 1. The van der Waals surface area contributed by atoms with Crippen LogP contribution in [0.15, 0.2) is 59.5 Å². The molecule has 0 saturated heterocycles. The van der Waals surface area contributed by atoms with E-state index >= 15 is 0 Å². The van der Waals surface area contributed by atoms with Gasteiger partial charge in [0.05, 0.1) is 16.8 Å². The molecule has 9 heteroatoms. The van der Waals surface area contributed by atoms with Gasteiger partial charge in [-0.1, -0.05) is 48.0 Å². The molecule has 0 N–H and O–H groups in total. The van der Waals surface area contributed by atoms with Gasteiger partial charge in [0.1, 0.15) is 12.4 Å². The Hall–Kier alpha value is -3.13. The number of aromatic nitrogens is 2. The van der Waals surface area contributed by atoms with Gasteiger partial charge in [0, 0.05) is 12.1 Å². The number of hydrogen-bond acceptors (Lipinski definition) is 4. The van der Waals surface area contributed by atoms with Crippen LogP contribution < -0.4 is 10.3 Å². The third kappa shape index (κ3) is 4.88. The summed E-state index contributed by atoms with van der Waals surface area (Å²) in [5.74, 6) is -0.530. The first kappa shape index (κ1) is 21.6. The van der Waals surface area contributed by atoms with E-state index in [1.165, 1.54) is 29.8 Å². The fraction of sp³-hybridized carbons (Fsp3) is 0.190. The summed E-state index contributed by atoms with van der Waals surface area (Å²) in [6.07, 6.45) is -3.35. The lowest BCUT2D eigenvalue weighted by Crippen LogP contribution is -2.20. The predicted molar refractivity (Wildman–Crippen MR) is 106 cm³/mol. The Labute approximate surface area is 174 Å². The summed E-state index contributed by atoms with van der Waals surface area (Å²) in [6.45, 7) is 1.16. The molecule has 30 heavy (non-hydrogen) atoms. The van der Waals surface area contributed by atoms with Crippen LogP contribution in [0.4, 0.5) is 13.2 Å². The molecule has 0 spiro atoms. The van der Waals surface area contributed by atoms with Crippen LogP contribution in [-0.4, -0.2) is 21.9 Å². The lowest BCUT2D eigenvalue weighted by atomic mass is 10.1. The first-order valence-electron chi connectivity index (χ1n) is 8.80. The van der Waals surface area contributed by atoms with Crippen molar-refractivity contribution in [3.8, 4) is 17.1 Å². The summed E-state index contributed by atoms with van der Waals surface area (Å²) >= 11 is 6.05. The molecule has 2 aromatic carbocycles. The molecule has 1 heterocycles. The zero-order valence-electron chi connectivity index (χ0n) is 15.7. The number of carbonyl (C=O) groups is 1. The number of benzene rings is 2. The Balaban J connectivity index is 2.17. The van der Waals surface area contributed by atoms with Crippen LogP contribution in [0.25, 0.3) is 11.4 Å². The minimum absolute atomic E-state index is 0.0439. The molecule has 0 aliphatic carbocycles. The summed E-state index contributed by atoms with van der Waals surface area (Å²) in [6, 6.07) is 12.5. The maximum atomic E-state index is 13.3. The number of nitrogens with zero attached hydrogens (tertiary/aromatic N) is 2. The Kier molecular flexibility index (Phi) is 6.26. The van der Waals surface area contributed by atoms with Crippen molar-refractivity contribution in [3.63, 3.8) is 0 Å². The molecule has 0 bridgehead atoms. The van der Waals surface area contributed by atoms with Gasteiger partial charge in [0.2, 0.25) is 5.75 Å². The van der Waals surface area contributed by atoms with Crippen LogP contribution in [0.3, 0.4) is 0 Å². The minimum atomic E-state index is -4.66. The number of ether oxygens (including phenoxy) is 1. The molecule has 0 saturated carbocycles. The van der Waals surface area contributed by atoms with Crippen molar-refractivity contribution < 1.29 is 22.7 Å². The van der Waals surface area contributed by atoms with E-state index in [1.807, 2.05) is 18.2 Å². The van der Waals surface area contributed by atoms with E-state index in [1.54, 1.807) is 12.1 Å². The summed E-state index contributed by atoms with van der Waals surface area (Å²) in [5, 5.41) is -0.559. The molecular weight excluding hydrogens is 421 g/mol. The summed E-state index contributed by atoms with van der Waals surface area (Å²) < 4.78 is 46.5. The number of hydrogen-bond donors (Lipinski definition) is 0. The fourth-order valence-corrected chi connectivity index (χ4v) is 3.11. The molecule has 0 atom stereocenters. The third-order valence-corrected chi connectivity index (χ3v) is 4.54. The van der Waals surface area contributed by atoms with Gasteiger partial charge in [-0.05, 0) is 24.6 Å². The van der Waals surface area contributed by atoms with Crippen LogP contribution in [0, 0.1) is 0 Å². The highest BCUT2D eigenvalue weighted by molar-refractivity contribution is 6.34. The van der Waals surface area contributed by atoms with Crippen molar-refractivity contribution in [2.75, 3.05) is 6.61 Å². The monoisotopic (exact) mass is 436 g/mol. The van der Waals surface area contributed by atoms with Gasteiger partial charge in [-0.15, -0.1) is 0 Å². The number of rotatable bonds is 6. The number of ketones is 1. The Morgan fingerprint density at radius 3 is 2.47 bits per heavy atom. The van der Waals surface area contributed by atoms with Crippen molar-refractivity contribution in [2.24, 2.45) is 0 Å². The summed E-state index contributed by atoms with van der Waals surface area (Å²) in [4.78, 5) is 27.5. The van der Waals surface area contributed by atoms with E-state index in [0.29, 0.717) is 0 Å². The Morgan fingerprint density at radius 1 is 1.13 bits per heavy atom. The van der Waals surface area contributed by atoms with Crippen LogP contribution in [0.2, 0.25) is 5.02 Å². The number of alkyl halides is 3. The van der Waals surface area contributed by atoms with Gasteiger partial charge in [-0.2, -0.15) is 18.2 Å². The largest absolute Gasteiger partial charge is 0.479 e. The average molecular weight is 437 g/mol. The molecule has 5 nitrogen and oxygen atoms in total. The molecule has 3 aromatic rings. The van der Waals surface area contributed by atoms with Crippen molar-refractivity contribution in [3.05, 3.63) is 81.2 Å². The molecule has 0 aliphatic heterocycles. The van der Waals surface area contributed by atoms with E-state index in [4.69, 9.17) is 16.3 Å². The molecular formula is C21H16ClF3N2O3. The second-order valence-electron chi connectivity index (χ2n) is 6.50. The first-order valence-corrected chi connectivity index (χ1v) is 9.18. The molecule has 156 valence electrons. The molecule has 0 amide bonds. The first-order chi connectivity index (χ1) is 14.2. The van der Waals surface area contributed by atoms with Crippen molar-refractivity contribution in [2.45, 2.75) is 19.6 Å². The van der Waals surface area contributed by atoms with Gasteiger partial charge in [-0.25, -0.2) is 0 Å². The Bertz CT molecular complexity index is 1130. The zero-order chi connectivity index (χ0) is 21.9. The summed E-state index contributed by atoms with van der Waals surface area (Å²) in [7, 11) is 0. The Morgan fingerprint density at radius 2 is 1.83 bits per heavy atom. The maximum Gasteiger partial charge on any atom is 0.417 e. The van der Waals surface area contributed by atoms with Crippen LogP contribution in [-0.2, 0) is 17.5 Å². The quantitative estimate of drug-likeness (QED) is 0.566. The average Bonchev–Trinajstić information content (AvgIpc) is 2.68. The van der Waals surface area contributed by atoms with E-state index in [2.05, 4.69) is 4.98 Å². The lowest BCUT2D eigenvalue weighted by molar-refractivity contribution is -0.137. The fourth-order valence-electron chi connectivity index (χ4n) is 2.79. The van der Waals surface area contributed by atoms with Crippen LogP contribution in [0.1, 0.15) is 18.1 Å². The van der Waals surface area contributed by atoms with E-state index < -0.39 is 22.3 Å². The van der Waals surface area contributed by atoms with Gasteiger partial charge in [0.25, 0.3) is 0 Å². The van der Waals surface area contributed by atoms with Gasteiger partial charge < -0.3 is 9.30 Å². The van der Waals surface area contributed by atoms with Crippen LogP contribution in [0.5, 0.6) is 5.75 Å². The van der Waals surface area contributed by atoms with Gasteiger partial charge >= 0.3 is 11.7 Å². The topological polar surface area (TPSA) is 61.2 Å². The normalized spacial score (nSPS) is 11.4. The predicted octanol–water partition coefficient (Wildman–Crippen LogP) is 4.60. The molecule has 3 rings (SSSR count). The van der Waals surface area contributed by atoms with E-state index in [9.17, 15) is 22.8 Å². The molecule has 0 unspecified atom stereocenters. The van der Waals surface area contributed by atoms with Gasteiger partial charge in [-0.3, -0.25) is 9.59 Å². The standard InChI is InChI=1S/C21H16ClF3N2O3/c1-13(28)12-30-17-11-27(10-14-6-3-2-4-7-14)19(26-20(17)29)15-8-5-9-16(18(15)22)21(23,24)25/h2-9,11H,10,12H2,1H3. The highest BCUT2D eigenvalue weighted by Gasteiger charge is 2.34. The third-order valence-electron chi connectivity index (χ3n) is 4.14. The highest BCUT2D eigenvalue weighted by Crippen LogP contribution is 2.39. The SMILES string of the molecule is CC(=O)COc1cn(Cc2ccccc2)c(-c2cccc(C(F)(F)F)c2Cl)nc1=O. The lowest BCUT2D eigenvalue weighted by Gasteiger charge is -2.17. The second kappa shape index (κ2) is 8.71. The van der Waals surface area contributed by atoms with Crippen molar-refractivity contribution in [1.82, 2.24) is 9.55 Å². The second-order valence-corrected chi connectivity index (χ2v) is 6.88. The smallest absolute Gasteiger partial charge is 0.417 e. The van der Waals surface area contributed by atoms with Crippen LogP contribution >= 0.6 is 11.6 Å². The number of halogens is 4. The highest BCUT2D eigenvalue weighted by atomic mass is 35.5. The molecule has 0 fully saturated rings. The molecule has 0 aliphatic rings. The maximum absolute atomic E-state index is 13.3. The van der Waals surface area contributed by atoms with E-state index in [-0.39, 0.29) is 36.1 Å². The molecule has 1 aromatic heterocycles. The van der Waals surface area contributed by atoms with Crippen molar-refractivity contribution >= 4 is 17.4 Å². The molecule has 0 radical (unpaired) electrons. The summed E-state index contributed by atoms with van der Waals surface area (Å²) in [5.41, 5.74) is -1.08. The van der Waals surface area contributed by atoms with E-state index in [0.717, 1.165) is 11.6 Å².